The standard InChI is InChI=1S/C13H19ClN2O/c1-3-8-15-9-13(17)16-10(2)11-4-6-12(14)7-5-11/h4-7,10,15H,3,8-9H2,1-2H3,(H,16,17)/t10-/m1/s1. The van der Waals surface area contributed by atoms with Gasteiger partial charge in [-0.25, -0.2) is 0 Å². The fraction of sp³-hybridized carbons (Fsp3) is 0.462. The van der Waals surface area contributed by atoms with Crippen LogP contribution >= 0.6 is 11.6 Å². The number of nitrogens with one attached hydrogen (secondary N) is 2. The van der Waals surface area contributed by atoms with Crippen molar-refractivity contribution < 1.29 is 4.79 Å². The summed E-state index contributed by atoms with van der Waals surface area (Å²) in [5, 5.41) is 6.70. The molecule has 0 fully saturated rings. The molecule has 94 valence electrons. The van der Waals surface area contributed by atoms with Crippen LogP contribution in [-0.4, -0.2) is 19.0 Å². The average molecular weight is 255 g/mol. The first-order chi connectivity index (χ1) is 8.13. The maximum atomic E-state index is 11.6. The molecular formula is C13H19ClN2O. The predicted molar refractivity (Wildman–Crippen MR) is 71.2 cm³/mol. The molecule has 0 aliphatic heterocycles. The van der Waals surface area contributed by atoms with Crippen molar-refractivity contribution in [3.8, 4) is 0 Å². The highest BCUT2D eigenvalue weighted by atomic mass is 35.5. The molecule has 3 nitrogen and oxygen atoms in total. The molecule has 4 heteroatoms. The molecule has 17 heavy (non-hydrogen) atoms. The second-order valence-electron chi connectivity index (χ2n) is 4.02. The second kappa shape index (κ2) is 7.30. The molecule has 0 aliphatic carbocycles. The van der Waals surface area contributed by atoms with Crippen LogP contribution in [0.25, 0.3) is 0 Å². The van der Waals surface area contributed by atoms with Crippen LogP contribution in [0.4, 0.5) is 0 Å². The second-order valence-corrected chi connectivity index (χ2v) is 4.45. The van der Waals surface area contributed by atoms with Crippen LogP contribution in [0.5, 0.6) is 0 Å². The number of rotatable bonds is 6. The Morgan fingerprint density at radius 2 is 2.00 bits per heavy atom. The molecule has 0 unspecified atom stereocenters. The number of hydrogen-bond acceptors (Lipinski definition) is 2. The number of carbonyl (C=O) groups excluding carboxylic acids is 1. The molecule has 0 bridgehead atoms. The van der Waals surface area contributed by atoms with Crippen molar-refractivity contribution in [1.82, 2.24) is 10.6 Å². The number of benzene rings is 1. The maximum Gasteiger partial charge on any atom is 0.234 e. The normalized spacial score (nSPS) is 12.2. The predicted octanol–water partition coefficient (Wildman–Crippen LogP) is 2.52. The molecule has 0 heterocycles. The SMILES string of the molecule is CCCNCC(=O)N[C@H](C)c1ccc(Cl)cc1. The van der Waals surface area contributed by atoms with Gasteiger partial charge in [-0.1, -0.05) is 30.7 Å². The Labute approximate surface area is 108 Å². The van der Waals surface area contributed by atoms with E-state index in [9.17, 15) is 4.79 Å². The zero-order chi connectivity index (χ0) is 12.7. The van der Waals surface area contributed by atoms with Gasteiger partial charge in [-0.2, -0.15) is 0 Å². The van der Waals surface area contributed by atoms with Gasteiger partial charge in [-0.05, 0) is 37.6 Å². The van der Waals surface area contributed by atoms with Crippen LogP contribution in [0.2, 0.25) is 5.02 Å². The van der Waals surface area contributed by atoms with Crippen LogP contribution in [0.15, 0.2) is 24.3 Å². The quantitative estimate of drug-likeness (QED) is 0.766. The van der Waals surface area contributed by atoms with Gasteiger partial charge in [0.1, 0.15) is 0 Å². The minimum atomic E-state index is 0.00296. The van der Waals surface area contributed by atoms with Crippen molar-refractivity contribution in [3.63, 3.8) is 0 Å². The van der Waals surface area contributed by atoms with Crippen molar-refractivity contribution in [2.45, 2.75) is 26.3 Å². The van der Waals surface area contributed by atoms with Crippen molar-refractivity contribution in [3.05, 3.63) is 34.9 Å². The highest BCUT2D eigenvalue weighted by Crippen LogP contribution is 2.15. The fourth-order valence-electron chi connectivity index (χ4n) is 1.51. The average Bonchev–Trinajstić information content (AvgIpc) is 2.30. The summed E-state index contributed by atoms with van der Waals surface area (Å²) in [7, 11) is 0. The zero-order valence-corrected chi connectivity index (χ0v) is 11.1. The Morgan fingerprint density at radius 3 is 2.59 bits per heavy atom. The van der Waals surface area contributed by atoms with E-state index in [2.05, 4.69) is 17.6 Å². The first-order valence-electron chi connectivity index (χ1n) is 5.89. The van der Waals surface area contributed by atoms with Crippen molar-refractivity contribution in [2.24, 2.45) is 0 Å². The third-order valence-corrected chi connectivity index (χ3v) is 2.71. The zero-order valence-electron chi connectivity index (χ0n) is 10.3. The lowest BCUT2D eigenvalue weighted by Gasteiger charge is -2.14. The molecule has 1 aromatic rings. The molecular weight excluding hydrogens is 236 g/mol. The van der Waals surface area contributed by atoms with Gasteiger partial charge in [0, 0.05) is 5.02 Å². The van der Waals surface area contributed by atoms with E-state index in [0.29, 0.717) is 11.6 Å². The summed E-state index contributed by atoms with van der Waals surface area (Å²) in [6.07, 6.45) is 1.03. The van der Waals surface area contributed by atoms with Crippen molar-refractivity contribution in [1.29, 1.82) is 0 Å². The molecule has 1 rings (SSSR count). The molecule has 0 radical (unpaired) electrons. The molecule has 0 spiro atoms. The molecule has 0 saturated carbocycles. The van der Waals surface area contributed by atoms with Gasteiger partial charge < -0.3 is 10.6 Å². The molecule has 1 aromatic carbocycles. The van der Waals surface area contributed by atoms with Crippen LogP contribution in [0.3, 0.4) is 0 Å². The van der Waals surface area contributed by atoms with Crippen molar-refractivity contribution >= 4 is 17.5 Å². The Hall–Kier alpha value is -1.06. The summed E-state index contributed by atoms with van der Waals surface area (Å²) in [5.74, 6) is 0.0147. The maximum absolute atomic E-state index is 11.6. The first-order valence-corrected chi connectivity index (χ1v) is 6.26. The topological polar surface area (TPSA) is 41.1 Å². The van der Waals surface area contributed by atoms with Gasteiger partial charge in [0.05, 0.1) is 12.6 Å². The van der Waals surface area contributed by atoms with E-state index >= 15 is 0 Å². The minimum Gasteiger partial charge on any atom is -0.348 e. The number of carbonyl (C=O) groups is 1. The number of halogens is 1. The first kappa shape index (κ1) is 14.0. The lowest BCUT2D eigenvalue weighted by atomic mass is 10.1. The third-order valence-electron chi connectivity index (χ3n) is 2.46. The van der Waals surface area contributed by atoms with E-state index in [1.807, 2.05) is 31.2 Å². The summed E-state index contributed by atoms with van der Waals surface area (Å²) >= 11 is 5.81. The Kier molecular flexibility index (Phi) is 6.01. The van der Waals surface area contributed by atoms with Crippen LogP contribution < -0.4 is 10.6 Å². The van der Waals surface area contributed by atoms with Crippen LogP contribution in [-0.2, 0) is 4.79 Å². The molecule has 0 saturated heterocycles. The van der Waals surface area contributed by atoms with Crippen molar-refractivity contribution in [2.75, 3.05) is 13.1 Å². The summed E-state index contributed by atoms with van der Waals surface area (Å²) in [6, 6.07) is 7.51. The Balaban J connectivity index is 2.40. The van der Waals surface area contributed by atoms with Gasteiger partial charge in [-0.3, -0.25) is 4.79 Å². The molecule has 0 aliphatic rings. The van der Waals surface area contributed by atoms with Gasteiger partial charge in [0.25, 0.3) is 0 Å². The highest BCUT2D eigenvalue weighted by Gasteiger charge is 2.08. The van der Waals surface area contributed by atoms with Gasteiger partial charge in [0.2, 0.25) is 5.91 Å². The highest BCUT2D eigenvalue weighted by molar-refractivity contribution is 6.30. The van der Waals surface area contributed by atoms with Gasteiger partial charge >= 0.3 is 0 Å². The smallest absolute Gasteiger partial charge is 0.234 e. The summed E-state index contributed by atoms with van der Waals surface area (Å²) in [6.45, 7) is 5.26. The van der Waals surface area contributed by atoms with E-state index in [1.54, 1.807) is 0 Å². The lowest BCUT2D eigenvalue weighted by molar-refractivity contribution is -0.120. The van der Waals surface area contributed by atoms with E-state index in [4.69, 9.17) is 11.6 Å². The molecule has 2 N–H and O–H groups in total. The fourth-order valence-corrected chi connectivity index (χ4v) is 1.63. The number of hydrogen-bond donors (Lipinski definition) is 2. The number of amides is 1. The molecule has 0 aromatic heterocycles. The summed E-state index contributed by atoms with van der Waals surface area (Å²) in [4.78, 5) is 11.6. The van der Waals surface area contributed by atoms with Gasteiger partial charge in [-0.15, -0.1) is 0 Å². The Morgan fingerprint density at radius 1 is 1.35 bits per heavy atom. The van der Waals surface area contributed by atoms with E-state index in [1.165, 1.54) is 0 Å². The van der Waals surface area contributed by atoms with Crippen LogP contribution in [0.1, 0.15) is 31.9 Å². The van der Waals surface area contributed by atoms with E-state index < -0.39 is 0 Å². The lowest BCUT2D eigenvalue weighted by Crippen LogP contribution is -2.35. The van der Waals surface area contributed by atoms with Gasteiger partial charge in [0.15, 0.2) is 0 Å². The third kappa shape index (κ3) is 5.20. The van der Waals surface area contributed by atoms with E-state index in [0.717, 1.165) is 18.5 Å². The Bertz CT molecular complexity index is 351. The largest absolute Gasteiger partial charge is 0.348 e. The minimum absolute atomic E-state index is 0.00296. The molecule has 1 amide bonds. The van der Waals surface area contributed by atoms with Crippen LogP contribution in [0, 0.1) is 0 Å². The van der Waals surface area contributed by atoms with E-state index in [-0.39, 0.29) is 11.9 Å². The summed E-state index contributed by atoms with van der Waals surface area (Å²) in [5.41, 5.74) is 1.05. The summed E-state index contributed by atoms with van der Waals surface area (Å²) < 4.78 is 0. The monoisotopic (exact) mass is 254 g/mol. The molecule has 1 atom stereocenters.